The molecule has 2 N–H and O–H groups in total. The lowest BCUT2D eigenvalue weighted by Gasteiger charge is -2.38. The molecule has 8 heteroatoms. The minimum atomic E-state index is -0.906. The van der Waals surface area contributed by atoms with Crippen molar-refractivity contribution in [2.75, 3.05) is 13.1 Å². The van der Waals surface area contributed by atoms with Crippen molar-refractivity contribution in [1.29, 1.82) is 0 Å². The van der Waals surface area contributed by atoms with E-state index < -0.39 is 17.7 Å². The van der Waals surface area contributed by atoms with Gasteiger partial charge in [-0.05, 0) is 78.4 Å². The fourth-order valence-corrected chi connectivity index (χ4v) is 6.12. The van der Waals surface area contributed by atoms with Crippen LogP contribution in [-0.4, -0.2) is 33.7 Å². The van der Waals surface area contributed by atoms with Gasteiger partial charge in [0.1, 0.15) is 49.4 Å². The van der Waals surface area contributed by atoms with E-state index in [4.69, 9.17) is 18.9 Å². The standard InChI is InChI=1S/C48H51NO6.ClH/c1-48(2,3)49(30-46(50)40-24-42(52-32-36-16-8-4-9-17-36)28-43(25-40)53-33-37-18-10-5-11-19-37)31-47(51)41-26-44(54-34-38-20-12-6-13-21-38)29-45(27-41)55-35-39-22-14-7-15-23-39;/h4-29,46-47,50-51H,30-35H2,1-3H3;1H. The van der Waals surface area contributed by atoms with Gasteiger partial charge in [0.05, 0.1) is 12.2 Å². The van der Waals surface area contributed by atoms with Crippen molar-refractivity contribution in [2.45, 2.75) is 64.9 Å². The topological polar surface area (TPSA) is 80.6 Å². The van der Waals surface area contributed by atoms with Gasteiger partial charge < -0.3 is 29.2 Å². The molecule has 2 atom stereocenters. The minimum absolute atomic E-state index is 0. The number of aliphatic hydroxyl groups is 2. The minimum Gasteiger partial charge on any atom is -0.489 e. The van der Waals surface area contributed by atoms with Crippen molar-refractivity contribution >= 4 is 12.4 Å². The number of β-amino-alcohol motifs (C(OH)–C–C–N with tert-alkyl or cyclic N) is 2. The van der Waals surface area contributed by atoms with Crippen LogP contribution in [0.4, 0.5) is 0 Å². The third kappa shape index (κ3) is 12.9. The number of ether oxygens (including phenoxy) is 4. The molecule has 0 heterocycles. The van der Waals surface area contributed by atoms with Gasteiger partial charge in [-0.2, -0.15) is 0 Å². The third-order valence-electron chi connectivity index (χ3n) is 9.30. The van der Waals surface area contributed by atoms with E-state index in [9.17, 15) is 10.2 Å². The average molecular weight is 774 g/mol. The molecule has 292 valence electrons. The van der Waals surface area contributed by atoms with E-state index in [1.165, 1.54) is 0 Å². The lowest BCUT2D eigenvalue weighted by atomic mass is 10.00. The summed E-state index contributed by atoms with van der Waals surface area (Å²) >= 11 is 0. The molecule has 0 aliphatic carbocycles. The summed E-state index contributed by atoms with van der Waals surface area (Å²) in [6, 6.07) is 51.1. The molecule has 0 bridgehead atoms. The van der Waals surface area contributed by atoms with Crippen LogP contribution in [0.2, 0.25) is 0 Å². The van der Waals surface area contributed by atoms with Crippen LogP contribution in [0.15, 0.2) is 158 Å². The van der Waals surface area contributed by atoms with Gasteiger partial charge in [-0.1, -0.05) is 121 Å². The second kappa shape index (κ2) is 20.6. The van der Waals surface area contributed by atoms with Gasteiger partial charge >= 0.3 is 0 Å². The van der Waals surface area contributed by atoms with E-state index in [2.05, 4.69) is 25.7 Å². The SMILES string of the molecule is CC(C)(C)N(CC(O)c1cc(OCc2ccccc2)cc(OCc2ccccc2)c1)CC(O)c1cc(OCc2ccccc2)cc(OCc2ccccc2)c1.Cl. The zero-order valence-corrected chi connectivity index (χ0v) is 33.1. The largest absolute Gasteiger partial charge is 0.489 e. The summed E-state index contributed by atoms with van der Waals surface area (Å²) in [4.78, 5) is 2.09. The highest BCUT2D eigenvalue weighted by Crippen LogP contribution is 2.33. The van der Waals surface area contributed by atoms with Crippen LogP contribution in [-0.2, 0) is 26.4 Å². The zero-order valence-electron chi connectivity index (χ0n) is 32.3. The van der Waals surface area contributed by atoms with Crippen LogP contribution in [0.1, 0.15) is 66.4 Å². The second-order valence-electron chi connectivity index (χ2n) is 14.7. The predicted octanol–water partition coefficient (Wildman–Crippen LogP) is 10.3. The van der Waals surface area contributed by atoms with Crippen molar-refractivity contribution in [1.82, 2.24) is 4.90 Å². The van der Waals surface area contributed by atoms with Gasteiger partial charge in [0.25, 0.3) is 0 Å². The van der Waals surface area contributed by atoms with Crippen LogP contribution in [0.5, 0.6) is 23.0 Å². The first kappa shape index (κ1) is 41.8. The molecule has 0 amide bonds. The second-order valence-corrected chi connectivity index (χ2v) is 14.7. The number of nitrogens with zero attached hydrogens (tertiary/aromatic N) is 1. The Morgan fingerprint density at radius 3 is 0.911 bits per heavy atom. The monoisotopic (exact) mass is 773 g/mol. The normalized spacial score (nSPS) is 12.3. The first-order valence-electron chi connectivity index (χ1n) is 18.8. The zero-order chi connectivity index (χ0) is 38.5. The van der Waals surface area contributed by atoms with Gasteiger partial charge in [-0.3, -0.25) is 4.90 Å². The fraction of sp³-hybridized carbons (Fsp3) is 0.250. The lowest BCUT2D eigenvalue weighted by molar-refractivity contribution is 0.0192. The number of hydrogen-bond acceptors (Lipinski definition) is 7. The Bertz CT molecular complexity index is 1780. The Hall–Kier alpha value is -5.31. The molecule has 0 saturated heterocycles. The van der Waals surface area contributed by atoms with E-state index in [0.717, 1.165) is 22.3 Å². The highest BCUT2D eigenvalue weighted by molar-refractivity contribution is 5.85. The smallest absolute Gasteiger partial charge is 0.123 e. The average Bonchev–Trinajstić information content (AvgIpc) is 3.21. The predicted molar refractivity (Wildman–Crippen MR) is 224 cm³/mol. The summed E-state index contributed by atoms with van der Waals surface area (Å²) in [7, 11) is 0. The van der Waals surface area contributed by atoms with Crippen molar-refractivity contribution in [3.05, 3.63) is 191 Å². The summed E-state index contributed by atoms with van der Waals surface area (Å²) < 4.78 is 24.9. The molecular formula is C48H52ClNO6. The molecule has 6 aromatic carbocycles. The Kier molecular flexibility index (Phi) is 15.4. The highest BCUT2D eigenvalue weighted by Gasteiger charge is 2.28. The number of benzene rings is 6. The van der Waals surface area contributed by atoms with E-state index in [1.54, 1.807) is 0 Å². The fourth-order valence-electron chi connectivity index (χ4n) is 6.12. The summed E-state index contributed by atoms with van der Waals surface area (Å²) in [5, 5.41) is 23.7. The molecule has 0 fully saturated rings. The van der Waals surface area contributed by atoms with E-state index in [1.807, 2.05) is 158 Å². The van der Waals surface area contributed by atoms with E-state index in [0.29, 0.717) is 60.6 Å². The van der Waals surface area contributed by atoms with Crippen molar-refractivity contribution in [3.8, 4) is 23.0 Å². The van der Waals surface area contributed by atoms with Gasteiger partial charge in [0.15, 0.2) is 0 Å². The first-order chi connectivity index (χ1) is 26.7. The Labute approximate surface area is 337 Å². The van der Waals surface area contributed by atoms with Crippen molar-refractivity contribution in [3.63, 3.8) is 0 Å². The molecule has 0 aliphatic heterocycles. The van der Waals surface area contributed by atoms with Crippen molar-refractivity contribution in [2.24, 2.45) is 0 Å². The molecular weight excluding hydrogens is 722 g/mol. The Morgan fingerprint density at radius 1 is 0.429 bits per heavy atom. The summed E-state index contributed by atoms with van der Waals surface area (Å²) in [5.41, 5.74) is 5.07. The maximum atomic E-state index is 11.8. The molecule has 0 aromatic heterocycles. The van der Waals surface area contributed by atoms with Gasteiger partial charge in [-0.15, -0.1) is 12.4 Å². The molecule has 0 saturated carbocycles. The summed E-state index contributed by atoms with van der Waals surface area (Å²) in [6.07, 6.45) is -1.81. The van der Waals surface area contributed by atoms with Crippen LogP contribution in [0, 0.1) is 0 Å². The van der Waals surface area contributed by atoms with Gasteiger partial charge in [-0.25, -0.2) is 0 Å². The lowest BCUT2D eigenvalue weighted by Crippen LogP contribution is -2.45. The number of hydrogen-bond donors (Lipinski definition) is 2. The van der Waals surface area contributed by atoms with Crippen LogP contribution >= 0.6 is 12.4 Å². The van der Waals surface area contributed by atoms with Crippen molar-refractivity contribution < 1.29 is 29.2 Å². The molecule has 0 aliphatic rings. The Morgan fingerprint density at radius 2 is 0.679 bits per heavy atom. The third-order valence-corrected chi connectivity index (χ3v) is 9.30. The molecule has 2 unspecified atom stereocenters. The number of halogens is 1. The summed E-state index contributed by atoms with van der Waals surface area (Å²) in [6.45, 7) is 8.25. The highest BCUT2D eigenvalue weighted by atomic mass is 35.5. The molecule has 6 rings (SSSR count). The van der Waals surface area contributed by atoms with Gasteiger partial charge in [0, 0.05) is 30.8 Å². The Balaban J connectivity index is 0.00000600. The molecule has 56 heavy (non-hydrogen) atoms. The quantitative estimate of drug-likeness (QED) is 0.0900. The maximum Gasteiger partial charge on any atom is 0.123 e. The number of aliphatic hydroxyl groups excluding tert-OH is 2. The van der Waals surface area contributed by atoms with Crippen LogP contribution < -0.4 is 18.9 Å². The van der Waals surface area contributed by atoms with Crippen LogP contribution in [0.25, 0.3) is 0 Å². The first-order valence-corrected chi connectivity index (χ1v) is 18.8. The van der Waals surface area contributed by atoms with E-state index >= 15 is 0 Å². The molecule has 7 nitrogen and oxygen atoms in total. The number of rotatable bonds is 18. The molecule has 6 aromatic rings. The van der Waals surface area contributed by atoms with Crippen LogP contribution in [0.3, 0.4) is 0 Å². The van der Waals surface area contributed by atoms with Gasteiger partial charge in [0.2, 0.25) is 0 Å². The summed E-state index contributed by atoms with van der Waals surface area (Å²) in [5.74, 6) is 2.39. The maximum absolute atomic E-state index is 11.8. The molecule has 0 spiro atoms. The van der Waals surface area contributed by atoms with E-state index in [-0.39, 0.29) is 25.5 Å². The molecule has 0 radical (unpaired) electrons.